The molecule has 1 amide bonds. The molecule has 132 valence electrons. The van der Waals surface area contributed by atoms with Crippen LogP contribution in [0.5, 0.6) is 0 Å². The van der Waals surface area contributed by atoms with E-state index in [0.29, 0.717) is 29.6 Å². The molecule has 1 unspecified atom stereocenters. The molecule has 1 aromatic carbocycles. The minimum Gasteiger partial charge on any atom is -0.444 e. The van der Waals surface area contributed by atoms with Gasteiger partial charge in [0.1, 0.15) is 11.9 Å². The molecule has 1 saturated heterocycles. The molecule has 1 aliphatic heterocycles. The predicted molar refractivity (Wildman–Crippen MR) is 95.9 cm³/mol. The van der Waals surface area contributed by atoms with Crippen molar-refractivity contribution in [2.75, 3.05) is 13.1 Å². The average molecular weight is 372 g/mol. The van der Waals surface area contributed by atoms with E-state index < -0.39 is 11.0 Å². The molecule has 1 atom stereocenters. The summed E-state index contributed by atoms with van der Waals surface area (Å²) in [6.45, 7) is 6.57. The van der Waals surface area contributed by atoms with Gasteiger partial charge in [0.2, 0.25) is 0 Å². The number of hydrogen-bond donors (Lipinski definition) is 0. The summed E-state index contributed by atoms with van der Waals surface area (Å²) in [5.74, 6) is 0. The fourth-order valence-corrected chi connectivity index (χ4v) is 3.42. The van der Waals surface area contributed by atoms with Crippen LogP contribution < -0.4 is 0 Å². The van der Waals surface area contributed by atoms with Crippen molar-refractivity contribution in [2.45, 2.75) is 51.0 Å². The second-order valence-corrected chi connectivity index (χ2v) is 8.10. The number of likely N-dealkylation sites (tertiary alicyclic amines) is 1. The Labute approximate surface area is 153 Å². The second-order valence-electron chi connectivity index (χ2n) is 7.29. The largest absolute Gasteiger partial charge is 0.444 e. The Bertz CT molecular complexity index is 627. The number of amides is 1. The van der Waals surface area contributed by atoms with Crippen molar-refractivity contribution in [1.29, 1.82) is 0 Å². The van der Waals surface area contributed by atoms with Gasteiger partial charge in [-0.15, -0.1) is 0 Å². The zero-order valence-corrected chi connectivity index (χ0v) is 15.8. The van der Waals surface area contributed by atoms with Crippen LogP contribution >= 0.6 is 23.2 Å². The van der Waals surface area contributed by atoms with Crippen LogP contribution in [0.3, 0.4) is 0 Å². The van der Waals surface area contributed by atoms with E-state index in [1.54, 1.807) is 17.0 Å². The van der Waals surface area contributed by atoms with Gasteiger partial charge in [0.05, 0.1) is 10.0 Å². The molecule has 1 aromatic rings. The predicted octanol–water partition coefficient (Wildman–Crippen LogP) is 4.85. The molecular weight excluding hydrogens is 349 g/mol. The van der Waals surface area contributed by atoms with Gasteiger partial charge in [0, 0.05) is 24.9 Å². The Morgan fingerprint density at radius 1 is 1.33 bits per heavy atom. The molecule has 2 rings (SSSR count). The zero-order valence-electron chi connectivity index (χ0n) is 14.3. The summed E-state index contributed by atoms with van der Waals surface area (Å²) < 4.78 is 5.48. The topological polar surface area (TPSA) is 46.6 Å². The van der Waals surface area contributed by atoms with Crippen LogP contribution in [0.25, 0.3) is 0 Å². The first-order valence-electron chi connectivity index (χ1n) is 8.04. The molecule has 6 heteroatoms. The van der Waals surface area contributed by atoms with Crippen molar-refractivity contribution in [1.82, 2.24) is 4.90 Å². The number of rotatable bonds is 3. The van der Waals surface area contributed by atoms with E-state index in [1.807, 2.05) is 26.8 Å². The van der Waals surface area contributed by atoms with Crippen LogP contribution in [-0.4, -0.2) is 36.0 Å². The summed E-state index contributed by atoms with van der Waals surface area (Å²) >= 11 is 12.2. The van der Waals surface area contributed by atoms with Crippen molar-refractivity contribution in [3.8, 4) is 0 Å². The third-order valence-electron chi connectivity index (χ3n) is 4.23. The third-order valence-corrected chi connectivity index (χ3v) is 4.97. The Morgan fingerprint density at radius 3 is 2.62 bits per heavy atom. The lowest BCUT2D eigenvalue weighted by atomic mass is 9.72. The molecule has 0 bridgehead atoms. The Balaban J connectivity index is 2.30. The third kappa shape index (κ3) is 4.42. The van der Waals surface area contributed by atoms with Crippen molar-refractivity contribution >= 4 is 35.6 Å². The highest BCUT2D eigenvalue weighted by atomic mass is 35.5. The van der Waals surface area contributed by atoms with E-state index in [1.165, 1.54) is 0 Å². The van der Waals surface area contributed by atoms with Crippen molar-refractivity contribution in [3.63, 3.8) is 0 Å². The van der Waals surface area contributed by atoms with Crippen LogP contribution in [0.1, 0.15) is 45.6 Å². The number of aldehydes is 1. The lowest BCUT2D eigenvalue weighted by molar-refractivity contribution is -0.109. The fourth-order valence-electron chi connectivity index (χ4n) is 3.12. The standard InChI is InChI=1S/C18H23Cl2NO3/c1-17(2,3)24-16(23)21-9-4-7-18(12-21,8-10-22)13-5-6-14(19)15(20)11-13/h5-6,10-11H,4,7-9,12H2,1-3H3. The van der Waals surface area contributed by atoms with Crippen LogP contribution in [0.4, 0.5) is 4.79 Å². The van der Waals surface area contributed by atoms with Gasteiger partial charge >= 0.3 is 6.09 Å². The molecular formula is C18H23Cl2NO3. The number of carbonyl (C=O) groups is 2. The first kappa shape index (κ1) is 19.1. The molecule has 0 radical (unpaired) electrons. The fraction of sp³-hybridized carbons (Fsp3) is 0.556. The van der Waals surface area contributed by atoms with E-state index in [4.69, 9.17) is 27.9 Å². The number of halogens is 2. The lowest BCUT2D eigenvalue weighted by Crippen LogP contribution is -2.50. The molecule has 0 N–H and O–H groups in total. The normalized spacial score (nSPS) is 21.5. The van der Waals surface area contributed by atoms with Crippen LogP contribution in [0.15, 0.2) is 18.2 Å². The molecule has 0 aliphatic carbocycles. The number of benzene rings is 1. The summed E-state index contributed by atoms with van der Waals surface area (Å²) in [5.41, 5.74) is -0.0754. The summed E-state index contributed by atoms with van der Waals surface area (Å²) in [4.78, 5) is 25.4. The highest BCUT2D eigenvalue weighted by molar-refractivity contribution is 6.42. The van der Waals surface area contributed by atoms with Crippen molar-refractivity contribution < 1.29 is 14.3 Å². The minimum atomic E-state index is -0.550. The molecule has 0 aromatic heterocycles. The van der Waals surface area contributed by atoms with Gasteiger partial charge in [-0.3, -0.25) is 0 Å². The first-order valence-corrected chi connectivity index (χ1v) is 8.79. The van der Waals surface area contributed by atoms with Gasteiger partial charge in [-0.25, -0.2) is 4.79 Å². The first-order chi connectivity index (χ1) is 11.2. The molecule has 1 fully saturated rings. The molecule has 24 heavy (non-hydrogen) atoms. The van der Waals surface area contributed by atoms with Gasteiger partial charge in [-0.05, 0) is 51.3 Å². The van der Waals surface area contributed by atoms with E-state index in [0.717, 1.165) is 24.7 Å². The van der Waals surface area contributed by atoms with E-state index >= 15 is 0 Å². The number of nitrogens with zero attached hydrogens (tertiary/aromatic N) is 1. The molecule has 1 heterocycles. The van der Waals surface area contributed by atoms with Crippen LogP contribution in [-0.2, 0) is 14.9 Å². The number of piperidine rings is 1. The van der Waals surface area contributed by atoms with E-state index in [2.05, 4.69) is 0 Å². The number of hydrogen-bond acceptors (Lipinski definition) is 3. The highest BCUT2D eigenvalue weighted by Crippen LogP contribution is 2.39. The summed E-state index contributed by atoms with van der Waals surface area (Å²) in [7, 11) is 0. The molecule has 0 spiro atoms. The van der Waals surface area contributed by atoms with Gasteiger partial charge in [0.15, 0.2) is 0 Å². The molecule has 1 aliphatic rings. The van der Waals surface area contributed by atoms with Gasteiger partial charge < -0.3 is 14.4 Å². The lowest BCUT2D eigenvalue weighted by Gasteiger charge is -2.42. The van der Waals surface area contributed by atoms with Gasteiger partial charge in [-0.1, -0.05) is 29.3 Å². The Morgan fingerprint density at radius 2 is 2.04 bits per heavy atom. The summed E-state index contributed by atoms with van der Waals surface area (Å²) in [6.07, 6.45) is 2.49. The van der Waals surface area contributed by atoms with Gasteiger partial charge in [-0.2, -0.15) is 0 Å². The summed E-state index contributed by atoms with van der Waals surface area (Å²) in [6, 6.07) is 5.42. The monoisotopic (exact) mass is 371 g/mol. The van der Waals surface area contributed by atoms with E-state index in [9.17, 15) is 9.59 Å². The Hall–Kier alpha value is -1.26. The highest BCUT2D eigenvalue weighted by Gasteiger charge is 2.39. The van der Waals surface area contributed by atoms with Crippen LogP contribution in [0.2, 0.25) is 10.0 Å². The smallest absolute Gasteiger partial charge is 0.410 e. The zero-order chi connectivity index (χ0) is 18.0. The van der Waals surface area contributed by atoms with Crippen molar-refractivity contribution in [2.24, 2.45) is 0 Å². The van der Waals surface area contributed by atoms with E-state index in [-0.39, 0.29) is 6.09 Å². The Kier molecular flexibility index (Phi) is 5.82. The van der Waals surface area contributed by atoms with Gasteiger partial charge in [0.25, 0.3) is 0 Å². The van der Waals surface area contributed by atoms with Crippen LogP contribution in [0, 0.1) is 0 Å². The van der Waals surface area contributed by atoms with Crippen molar-refractivity contribution in [3.05, 3.63) is 33.8 Å². The maximum atomic E-state index is 12.4. The number of carbonyl (C=O) groups excluding carboxylic acids is 2. The SMILES string of the molecule is CC(C)(C)OC(=O)N1CCCC(CC=O)(c2ccc(Cl)c(Cl)c2)C1. The maximum Gasteiger partial charge on any atom is 0.410 e. The molecule has 4 nitrogen and oxygen atoms in total. The maximum absolute atomic E-state index is 12.4. The summed E-state index contributed by atoms with van der Waals surface area (Å²) in [5, 5.41) is 0.926. The number of ether oxygens (including phenoxy) is 1. The minimum absolute atomic E-state index is 0.324. The quantitative estimate of drug-likeness (QED) is 0.713. The molecule has 0 saturated carbocycles. The average Bonchev–Trinajstić information content (AvgIpc) is 2.49. The second kappa shape index (κ2) is 7.32.